The van der Waals surface area contributed by atoms with Gasteiger partial charge in [-0.25, -0.2) is 14.9 Å². The first-order valence-electron chi connectivity index (χ1n) is 10.0. The second-order valence-corrected chi connectivity index (χ2v) is 7.97. The number of oxazole rings is 1. The Kier molecular flexibility index (Phi) is 4.34. The summed E-state index contributed by atoms with van der Waals surface area (Å²) in [6.07, 6.45) is 5.44. The molecule has 8 nitrogen and oxygen atoms in total. The molecule has 1 amide bonds. The number of aromatic nitrogens is 4. The van der Waals surface area contributed by atoms with Crippen LogP contribution in [0, 0.1) is 11.8 Å². The van der Waals surface area contributed by atoms with Gasteiger partial charge in [0.05, 0.1) is 12.2 Å². The molecule has 2 aliphatic rings. The fraction of sp³-hybridized carbons (Fsp3) is 0.429. The smallest absolute Gasteiger partial charge is 0.343 e. The van der Waals surface area contributed by atoms with Crippen molar-refractivity contribution < 1.29 is 9.21 Å². The number of hydrogen-bond acceptors (Lipinski definition) is 5. The Morgan fingerprint density at radius 3 is 2.72 bits per heavy atom. The van der Waals surface area contributed by atoms with Crippen molar-refractivity contribution in [3.63, 3.8) is 0 Å². The highest BCUT2D eigenvalue weighted by Gasteiger charge is 2.48. The summed E-state index contributed by atoms with van der Waals surface area (Å²) < 4.78 is 7.30. The van der Waals surface area contributed by atoms with Crippen molar-refractivity contribution in [2.75, 3.05) is 6.54 Å². The number of aromatic amines is 1. The minimum atomic E-state index is -0.268. The van der Waals surface area contributed by atoms with Gasteiger partial charge in [-0.2, -0.15) is 5.10 Å². The van der Waals surface area contributed by atoms with Crippen LogP contribution in [0.2, 0.25) is 0 Å². The van der Waals surface area contributed by atoms with E-state index < -0.39 is 0 Å². The Morgan fingerprint density at radius 2 is 2.03 bits per heavy atom. The Hall–Kier alpha value is -3.16. The summed E-state index contributed by atoms with van der Waals surface area (Å²) in [6, 6.07) is 9.70. The predicted molar refractivity (Wildman–Crippen MR) is 104 cm³/mol. The van der Waals surface area contributed by atoms with Gasteiger partial charge in [-0.3, -0.25) is 9.36 Å². The molecule has 0 radical (unpaired) electrons. The highest BCUT2D eigenvalue weighted by Crippen LogP contribution is 2.50. The molecular formula is C21H23N5O3. The molecule has 1 saturated carbocycles. The molecule has 3 aromatic rings. The molecule has 2 atom stereocenters. The first-order chi connectivity index (χ1) is 14.1. The van der Waals surface area contributed by atoms with E-state index in [2.05, 4.69) is 15.2 Å². The average Bonchev–Trinajstić information content (AvgIpc) is 3.16. The molecule has 2 fully saturated rings. The van der Waals surface area contributed by atoms with Gasteiger partial charge in [-0.1, -0.05) is 30.3 Å². The largest absolute Gasteiger partial charge is 0.437 e. The molecule has 1 N–H and O–H groups in total. The van der Waals surface area contributed by atoms with E-state index in [1.54, 1.807) is 18.1 Å². The van der Waals surface area contributed by atoms with Crippen LogP contribution in [0.5, 0.6) is 0 Å². The van der Waals surface area contributed by atoms with Crippen LogP contribution in [-0.2, 0) is 13.5 Å². The fourth-order valence-electron chi connectivity index (χ4n) is 4.42. The number of rotatable bonds is 5. The summed E-state index contributed by atoms with van der Waals surface area (Å²) in [5, 5.41) is 6.73. The first kappa shape index (κ1) is 17.9. The third-order valence-corrected chi connectivity index (χ3v) is 6.07. The minimum Gasteiger partial charge on any atom is -0.437 e. The average molecular weight is 393 g/mol. The quantitative estimate of drug-likeness (QED) is 0.717. The van der Waals surface area contributed by atoms with E-state index in [0.717, 1.165) is 12.0 Å². The summed E-state index contributed by atoms with van der Waals surface area (Å²) in [5.74, 6) is 2.01. The van der Waals surface area contributed by atoms with Crippen molar-refractivity contribution in [1.29, 1.82) is 0 Å². The number of H-pyrrole nitrogens is 1. The van der Waals surface area contributed by atoms with Crippen LogP contribution in [0.1, 0.15) is 53.1 Å². The van der Waals surface area contributed by atoms with E-state index in [1.807, 2.05) is 30.3 Å². The van der Waals surface area contributed by atoms with Gasteiger partial charge in [-0.15, -0.1) is 0 Å². The molecule has 150 valence electrons. The maximum atomic E-state index is 13.2. The zero-order valence-electron chi connectivity index (χ0n) is 16.2. The molecule has 2 aromatic heterocycles. The highest BCUT2D eigenvalue weighted by atomic mass is 16.4. The van der Waals surface area contributed by atoms with Gasteiger partial charge < -0.3 is 9.32 Å². The molecule has 1 aliphatic heterocycles. The highest BCUT2D eigenvalue weighted by molar-refractivity contribution is 5.90. The lowest BCUT2D eigenvalue weighted by molar-refractivity contribution is 0.0659. The van der Waals surface area contributed by atoms with Crippen LogP contribution < -0.4 is 5.69 Å². The minimum absolute atomic E-state index is 0.0953. The summed E-state index contributed by atoms with van der Waals surface area (Å²) in [5.41, 5.74) is 0.831. The monoisotopic (exact) mass is 393 g/mol. The maximum absolute atomic E-state index is 13.2. The van der Waals surface area contributed by atoms with Gasteiger partial charge >= 0.3 is 11.6 Å². The number of carbonyl (C=O) groups excluding carboxylic acids is 1. The number of hydrogen-bond donors (Lipinski definition) is 1. The fourth-order valence-corrected chi connectivity index (χ4v) is 4.42. The number of nitrogens with one attached hydrogen (secondary N) is 1. The van der Waals surface area contributed by atoms with Crippen molar-refractivity contribution in [1.82, 2.24) is 24.6 Å². The van der Waals surface area contributed by atoms with E-state index in [1.165, 1.54) is 17.4 Å². The van der Waals surface area contributed by atoms with Gasteiger partial charge in [-0.05, 0) is 36.7 Å². The van der Waals surface area contributed by atoms with E-state index in [0.29, 0.717) is 36.4 Å². The number of likely N-dealkylation sites (tertiary alicyclic amines) is 1. The molecular weight excluding hydrogens is 370 g/mol. The molecule has 1 saturated heterocycles. The molecule has 5 rings (SSSR count). The van der Waals surface area contributed by atoms with Gasteiger partial charge in [0, 0.05) is 20.0 Å². The first-order valence-corrected chi connectivity index (χ1v) is 10.0. The van der Waals surface area contributed by atoms with Crippen LogP contribution in [-0.4, -0.2) is 37.1 Å². The van der Waals surface area contributed by atoms with E-state index in [9.17, 15) is 9.59 Å². The van der Waals surface area contributed by atoms with Gasteiger partial charge in [0.2, 0.25) is 0 Å². The van der Waals surface area contributed by atoms with Crippen molar-refractivity contribution in [2.24, 2.45) is 18.9 Å². The van der Waals surface area contributed by atoms with Gasteiger partial charge in [0.15, 0.2) is 5.82 Å². The number of carbonyl (C=O) groups is 1. The normalized spacial score (nSPS) is 21.6. The second kappa shape index (κ2) is 7.02. The van der Waals surface area contributed by atoms with Crippen LogP contribution in [0.4, 0.5) is 0 Å². The standard InChI is InChI=1S/C21H23N5O3/c1-25-18(23-24-21(25)28)17-16(14-7-8-14)9-10-26(17)20(27)19-22-12-15(29-19)11-13-5-3-2-4-6-13/h2-6,12,14,16-17H,7-11H2,1H3,(H,24,28). The molecule has 29 heavy (non-hydrogen) atoms. The van der Waals surface area contributed by atoms with E-state index in [-0.39, 0.29) is 23.5 Å². The Labute approximate surface area is 167 Å². The van der Waals surface area contributed by atoms with Crippen molar-refractivity contribution in [3.05, 3.63) is 70.1 Å². The Balaban J connectivity index is 1.41. The van der Waals surface area contributed by atoms with Gasteiger partial charge in [0.1, 0.15) is 5.76 Å². The topological polar surface area (TPSA) is 97.0 Å². The van der Waals surface area contributed by atoms with E-state index >= 15 is 0 Å². The Bertz CT molecular complexity index is 1080. The van der Waals surface area contributed by atoms with Crippen molar-refractivity contribution >= 4 is 5.91 Å². The number of benzene rings is 1. The lowest BCUT2D eigenvalue weighted by Gasteiger charge is -2.26. The molecule has 2 unspecified atom stereocenters. The molecule has 3 heterocycles. The summed E-state index contributed by atoms with van der Waals surface area (Å²) in [6.45, 7) is 0.613. The lowest BCUT2D eigenvalue weighted by Crippen LogP contribution is -2.35. The predicted octanol–water partition coefficient (Wildman–Crippen LogP) is 2.30. The third-order valence-electron chi connectivity index (χ3n) is 6.07. The summed E-state index contributed by atoms with van der Waals surface area (Å²) >= 11 is 0. The van der Waals surface area contributed by atoms with Crippen molar-refractivity contribution in [3.8, 4) is 0 Å². The summed E-state index contributed by atoms with van der Waals surface area (Å²) in [4.78, 5) is 31.2. The number of nitrogens with zero attached hydrogens (tertiary/aromatic N) is 4. The zero-order chi connectivity index (χ0) is 20.0. The second-order valence-electron chi connectivity index (χ2n) is 7.97. The Morgan fingerprint density at radius 1 is 1.24 bits per heavy atom. The van der Waals surface area contributed by atoms with E-state index in [4.69, 9.17) is 4.42 Å². The molecule has 0 spiro atoms. The zero-order valence-corrected chi connectivity index (χ0v) is 16.2. The SMILES string of the molecule is Cn1c(C2C(C3CC3)CCN2C(=O)c2ncc(Cc3ccccc3)o2)n[nH]c1=O. The van der Waals surface area contributed by atoms with Gasteiger partial charge in [0.25, 0.3) is 5.89 Å². The van der Waals surface area contributed by atoms with Crippen LogP contribution in [0.15, 0.2) is 45.7 Å². The molecule has 1 aliphatic carbocycles. The third kappa shape index (κ3) is 3.28. The van der Waals surface area contributed by atoms with Crippen LogP contribution >= 0.6 is 0 Å². The lowest BCUT2D eigenvalue weighted by atomic mass is 9.94. The molecule has 0 bridgehead atoms. The summed E-state index contributed by atoms with van der Waals surface area (Å²) in [7, 11) is 1.69. The van der Waals surface area contributed by atoms with Crippen molar-refractivity contribution in [2.45, 2.75) is 31.7 Å². The van der Waals surface area contributed by atoms with Crippen LogP contribution in [0.3, 0.4) is 0 Å². The maximum Gasteiger partial charge on any atom is 0.343 e. The van der Waals surface area contributed by atoms with Crippen LogP contribution in [0.25, 0.3) is 0 Å². The number of amides is 1. The molecule has 1 aromatic carbocycles. The molecule has 8 heteroatoms.